The van der Waals surface area contributed by atoms with Crippen molar-refractivity contribution in [1.29, 1.82) is 0 Å². The zero-order valence-corrected chi connectivity index (χ0v) is 6.32. The number of rotatable bonds is 2. The molecule has 2 N–H and O–H groups in total. The lowest BCUT2D eigenvalue weighted by Gasteiger charge is -2.23. The molecule has 0 saturated carbocycles. The molecule has 0 spiro atoms. The van der Waals surface area contributed by atoms with Crippen LogP contribution in [0.2, 0.25) is 0 Å². The van der Waals surface area contributed by atoms with Crippen molar-refractivity contribution in [1.82, 2.24) is 5.16 Å². The van der Waals surface area contributed by atoms with Gasteiger partial charge in [0, 0.05) is 12.5 Å². The Bertz CT molecular complexity index is 303. The lowest BCUT2D eigenvalue weighted by Crippen LogP contribution is -2.17. The van der Waals surface area contributed by atoms with Gasteiger partial charge in [-0.25, -0.2) is 0 Å². The maximum atomic E-state index is 10.6. The van der Waals surface area contributed by atoms with Gasteiger partial charge in [0.1, 0.15) is 6.10 Å². The van der Waals surface area contributed by atoms with Gasteiger partial charge in [-0.3, -0.25) is 4.79 Å². The third-order valence-electron chi connectivity index (χ3n) is 1.80. The van der Waals surface area contributed by atoms with Gasteiger partial charge in [0.15, 0.2) is 11.5 Å². The first-order valence-electron chi connectivity index (χ1n) is 3.65. The Labute approximate surface area is 68.5 Å². The van der Waals surface area contributed by atoms with E-state index < -0.39 is 5.91 Å². The van der Waals surface area contributed by atoms with Crippen LogP contribution in [0, 0.1) is 0 Å². The molecule has 12 heavy (non-hydrogen) atoms. The Kier molecular flexibility index (Phi) is 1.58. The summed E-state index contributed by atoms with van der Waals surface area (Å²) in [6.07, 6.45) is 0.874. The quantitative estimate of drug-likeness (QED) is 0.685. The fourth-order valence-corrected chi connectivity index (χ4v) is 1.02. The fraction of sp³-hybridized carbons (Fsp3) is 0.429. The number of carbonyl (C=O) groups is 1. The highest BCUT2D eigenvalue weighted by atomic mass is 16.5. The van der Waals surface area contributed by atoms with Crippen LogP contribution in [0.15, 0.2) is 10.6 Å². The Morgan fingerprint density at radius 3 is 2.92 bits per heavy atom. The second-order valence-electron chi connectivity index (χ2n) is 2.63. The molecule has 1 fully saturated rings. The van der Waals surface area contributed by atoms with E-state index in [1.54, 1.807) is 0 Å². The molecule has 0 aromatic carbocycles. The highest BCUT2D eigenvalue weighted by Crippen LogP contribution is 2.29. The maximum Gasteiger partial charge on any atom is 0.270 e. The van der Waals surface area contributed by atoms with Crippen LogP contribution in [0.1, 0.15) is 28.8 Å². The minimum absolute atomic E-state index is 0.0365. The second kappa shape index (κ2) is 2.60. The minimum atomic E-state index is -0.579. The van der Waals surface area contributed by atoms with Gasteiger partial charge in [-0.05, 0) is 0 Å². The number of nitrogens with two attached hydrogens (primary N) is 1. The molecule has 1 amide bonds. The molecular formula is C7H8N2O3. The van der Waals surface area contributed by atoms with Crippen LogP contribution in [-0.2, 0) is 4.74 Å². The van der Waals surface area contributed by atoms with Gasteiger partial charge in [0.05, 0.1) is 6.61 Å². The summed E-state index contributed by atoms with van der Waals surface area (Å²) in [5, 5.41) is 3.49. The van der Waals surface area contributed by atoms with E-state index in [4.69, 9.17) is 15.0 Å². The third kappa shape index (κ3) is 1.08. The Morgan fingerprint density at radius 1 is 1.75 bits per heavy atom. The highest BCUT2D eigenvalue weighted by Gasteiger charge is 2.25. The smallest absolute Gasteiger partial charge is 0.270 e. The van der Waals surface area contributed by atoms with Crippen molar-refractivity contribution in [3.63, 3.8) is 0 Å². The molecule has 1 unspecified atom stereocenters. The molecule has 2 heterocycles. The van der Waals surface area contributed by atoms with Crippen LogP contribution >= 0.6 is 0 Å². The fourth-order valence-electron chi connectivity index (χ4n) is 1.02. The van der Waals surface area contributed by atoms with Crippen LogP contribution < -0.4 is 5.73 Å². The number of carbonyl (C=O) groups excluding carboxylic acids is 1. The Hall–Kier alpha value is -1.36. The molecule has 0 aliphatic carbocycles. The number of primary amides is 1. The predicted octanol–water partition coefficient (Wildman–Crippen LogP) is 0.235. The monoisotopic (exact) mass is 168 g/mol. The van der Waals surface area contributed by atoms with Crippen LogP contribution in [0.25, 0.3) is 0 Å². The number of hydrogen-bond donors (Lipinski definition) is 1. The summed E-state index contributed by atoms with van der Waals surface area (Å²) < 4.78 is 9.98. The summed E-state index contributed by atoms with van der Waals surface area (Å²) in [6.45, 7) is 0.733. The first-order valence-corrected chi connectivity index (χ1v) is 3.65. The molecule has 1 aliphatic heterocycles. The SMILES string of the molecule is NC(=O)c1cc(C2CCO2)on1. The Balaban J connectivity index is 2.17. The van der Waals surface area contributed by atoms with Crippen molar-refractivity contribution in [3.8, 4) is 0 Å². The zero-order valence-electron chi connectivity index (χ0n) is 6.32. The van der Waals surface area contributed by atoms with Crippen LogP contribution in [0.3, 0.4) is 0 Å². The van der Waals surface area contributed by atoms with E-state index in [1.807, 2.05) is 0 Å². The maximum absolute atomic E-state index is 10.6. The number of nitrogens with zero attached hydrogens (tertiary/aromatic N) is 1. The van der Waals surface area contributed by atoms with Gasteiger partial charge in [-0.15, -0.1) is 0 Å². The van der Waals surface area contributed by atoms with Gasteiger partial charge in [0.25, 0.3) is 5.91 Å². The molecule has 5 nitrogen and oxygen atoms in total. The molecule has 2 rings (SSSR count). The van der Waals surface area contributed by atoms with Crippen molar-refractivity contribution in [2.45, 2.75) is 12.5 Å². The van der Waals surface area contributed by atoms with Crippen LogP contribution in [-0.4, -0.2) is 17.7 Å². The molecule has 64 valence electrons. The molecule has 1 atom stereocenters. The van der Waals surface area contributed by atoms with E-state index in [9.17, 15) is 4.79 Å². The molecule has 1 aromatic heterocycles. The van der Waals surface area contributed by atoms with E-state index in [1.165, 1.54) is 6.07 Å². The molecule has 1 aromatic rings. The average molecular weight is 168 g/mol. The van der Waals surface area contributed by atoms with Crippen LogP contribution in [0.5, 0.6) is 0 Å². The molecule has 1 saturated heterocycles. The van der Waals surface area contributed by atoms with Crippen molar-refractivity contribution in [2.24, 2.45) is 5.73 Å². The summed E-state index contributed by atoms with van der Waals surface area (Å²) >= 11 is 0. The number of hydrogen-bond acceptors (Lipinski definition) is 4. The standard InChI is InChI=1S/C7H8N2O3/c8-7(10)4-3-6(12-9-4)5-1-2-11-5/h3,5H,1-2H2,(H2,8,10). The lowest BCUT2D eigenvalue weighted by molar-refractivity contribution is -0.0670. The van der Waals surface area contributed by atoms with E-state index in [0.717, 1.165) is 13.0 Å². The summed E-state index contributed by atoms with van der Waals surface area (Å²) in [6, 6.07) is 1.52. The first kappa shape index (κ1) is 7.30. The molecule has 5 heteroatoms. The van der Waals surface area contributed by atoms with Crippen molar-refractivity contribution >= 4 is 5.91 Å². The molecule has 1 aliphatic rings. The van der Waals surface area contributed by atoms with Crippen LogP contribution in [0.4, 0.5) is 0 Å². The minimum Gasteiger partial charge on any atom is -0.370 e. The zero-order chi connectivity index (χ0) is 8.55. The summed E-state index contributed by atoms with van der Waals surface area (Å²) in [5.41, 5.74) is 5.14. The van der Waals surface area contributed by atoms with Gasteiger partial charge in [-0.1, -0.05) is 5.16 Å². The van der Waals surface area contributed by atoms with Gasteiger partial charge in [0.2, 0.25) is 0 Å². The van der Waals surface area contributed by atoms with Gasteiger partial charge < -0.3 is 15.0 Å². The summed E-state index contributed by atoms with van der Waals surface area (Å²) in [5.74, 6) is -0.000580. The van der Waals surface area contributed by atoms with E-state index >= 15 is 0 Å². The highest BCUT2D eigenvalue weighted by molar-refractivity contribution is 5.90. The normalized spacial score (nSPS) is 21.8. The average Bonchev–Trinajstić information content (AvgIpc) is 2.32. The Morgan fingerprint density at radius 2 is 2.50 bits per heavy atom. The third-order valence-corrected chi connectivity index (χ3v) is 1.80. The summed E-state index contributed by atoms with van der Waals surface area (Å²) in [7, 11) is 0. The van der Waals surface area contributed by atoms with Gasteiger partial charge >= 0.3 is 0 Å². The number of aromatic nitrogens is 1. The second-order valence-corrected chi connectivity index (χ2v) is 2.63. The first-order chi connectivity index (χ1) is 5.77. The molecular weight excluding hydrogens is 160 g/mol. The van der Waals surface area contributed by atoms with Crippen molar-refractivity contribution in [2.75, 3.05) is 6.61 Å². The van der Waals surface area contributed by atoms with E-state index in [-0.39, 0.29) is 11.8 Å². The van der Waals surface area contributed by atoms with Crippen molar-refractivity contribution in [3.05, 3.63) is 17.5 Å². The predicted molar refractivity (Wildman–Crippen MR) is 38.3 cm³/mol. The molecule has 0 radical (unpaired) electrons. The number of amides is 1. The van der Waals surface area contributed by atoms with E-state index in [2.05, 4.69) is 5.16 Å². The lowest BCUT2D eigenvalue weighted by atomic mass is 10.1. The summed E-state index contributed by atoms with van der Waals surface area (Å²) in [4.78, 5) is 10.6. The largest absolute Gasteiger partial charge is 0.370 e. The molecule has 0 bridgehead atoms. The number of ether oxygens (including phenoxy) is 1. The topological polar surface area (TPSA) is 78.4 Å². The van der Waals surface area contributed by atoms with Gasteiger partial charge in [-0.2, -0.15) is 0 Å². The van der Waals surface area contributed by atoms with E-state index in [0.29, 0.717) is 5.76 Å². The van der Waals surface area contributed by atoms with Crippen molar-refractivity contribution < 1.29 is 14.1 Å².